The molecule has 1 aliphatic rings. The number of nitrogens with zero attached hydrogens (tertiary/aromatic N) is 3. The van der Waals surface area contributed by atoms with Crippen LogP contribution < -0.4 is 5.56 Å². The van der Waals surface area contributed by atoms with E-state index in [0.29, 0.717) is 0 Å². The molecule has 0 N–H and O–H groups in total. The quantitative estimate of drug-likeness (QED) is 0.813. The van der Waals surface area contributed by atoms with E-state index < -0.39 is 5.56 Å². The van der Waals surface area contributed by atoms with Crippen molar-refractivity contribution in [3.8, 4) is 0 Å². The molecule has 1 fully saturated rings. The number of halogens is 1. The van der Waals surface area contributed by atoms with E-state index in [-0.39, 0.29) is 17.6 Å². The van der Waals surface area contributed by atoms with Crippen LogP contribution in [0.4, 0.5) is 0 Å². The lowest BCUT2D eigenvalue weighted by Gasteiger charge is -2.20. The lowest BCUT2D eigenvalue weighted by molar-refractivity contribution is -0.131. The van der Waals surface area contributed by atoms with Crippen LogP contribution >= 0.6 is 11.6 Å². The molecule has 0 saturated carbocycles. The molecule has 98 valence electrons. The molecule has 0 radical (unpaired) electrons. The summed E-state index contributed by atoms with van der Waals surface area (Å²) in [6.45, 7) is 1.61. The van der Waals surface area contributed by atoms with Crippen molar-refractivity contribution < 1.29 is 4.79 Å². The fraction of sp³-hybridized carbons (Fsp3) is 0.583. The number of carbonyl (C=O) groups excluding carboxylic acids is 1. The summed E-state index contributed by atoms with van der Waals surface area (Å²) in [5.41, 5.74) is -0.415. The topological polar surface area (TPSA) is 55.2 Å². The second kappa shape index (κ2) is 6.00. The smallest absolute Gasteiger partial charge is 0.288 e. The monoisotopic (exact) mass is 269 g/mol. The van der Waals surface area contributed by atoms with Gasteiger partial charge >= 0.3 is 0 Å². The highest BCUT2D eigenvalue weighted by Gasteiger charge is 2.16. The maximum atomic E-state index is 12.1. The van der Waals surface area contributed by atoms with E-state index in [9.17, 15) is 9.59 Å². The Labute approximate surface area is 110 Å². The first-order chi connectivity index (χ1) is 8.68. The van der Waals surface area contributed by atoms with Crippen LogP contribution in [-0.4, -0.2) is 33.4 Å². The predicted octanol–water partition coefficient (Wildman–Crippen LogP) is 1.30. The highest BCUT2D eigenvalue weighted by molar-refractivity contribution is 6.29. The first-order valence-corrected chi connectivity index (χ1v) is 6.55. The molecule has 6 heteroatoms. The van der Waals surface area contributed by atoms with Gasteiger partial charge in [0.05, 0.1) is 0 Å². The van der Waals surface area contributed by atoms with Crippen LogP contribution in [0.1, 0.15) is 25.7 Å². The van der Waals surface area contributed by atoms with Crippen molar-refractivity contribution in [1.29, 1.82) is 0 Å². The van der Waals surface area contributed by atoms with Crippen LogP contribution in [0.3, 0.4) is 0 Å². The molecule has 5 nitrogen and oxygen atoms in total. The molecule has 0 aliphatic carbocycles. The average molecular weight is 270 g/mol. The van der Waals surface area contributed by atoms with E-state index in [1.54, 1.807) is 0 Å². The Morgan fingerprint density at radius 3 is 2.61 bits per heavy atom. The van der Waals surface area contributed by atoms with Crippen molar-refractivity contribution in [3.05, 3.63) is 27.9 Å². The van der Waals surface area contributed by atoms with Crippen LogP contribution in [-0.2, 0) is 11.3 Å². The van der Waals surface area contributed by atoms with Gasteiger partial charge in [-0.15, -0.1) is 0 Å². The molecule has 0 spiro atoms. The number of hydrogen-bond acceptors (Lipinski definition) is 3. The van der Waals surface area contributed by atoms with Crippen LogP contribution in [0.2, 0.25) is 5.15 Å². The molecular weight excluding hydrogens is 254 g/mol. The molecule has 0 bridgehead atoms. The molecule has 1 aromatic rings. The van der Waals surface area contributed by atoms with Crippen LogP contribution in [0.15, 0.2) is 17.2 Å². The van der Waals surface area contributed by atoms with Crippen molar-refractivity contribution >= 4 is 17.5 Å². The molecule has 18 heavy (non-hydrogen) atoms. The lowest BCUT2D eigenvalue weighted by atomic mass is 10.2. The largest absolute Gasteiger partial charge is 0.341 e. The Bertz CT molecular complexity index is 478. The van der Waals surface area contributed by atoms with Gasteiger partial charge in [0.2, 0.25) is 5.91 Å². The summed E-state index contributed by atoms with van der Waals surface area (Å²) >= 11 is 5.64. The van der Waals surface area contributed by atoms with Crippen molar-refractivity contribution in [1.82, 2.24) is 14.5 Å². The number of hydrogen-bond donors (Lipinski definition) is 0. The Hall–Kier alpha value is -1.36. The standard InChI is InChI=1S/C12H16ClN3O2/c13-11-12(18)16(8-5-14-11)9-10(17)15-6-3-1-2-4-7-15/h5,8H,1-4,6-7,9H2. The van der Waals surface area contributed by atoms with Crippen molar-refractivity contribution in [2.45, 2.75) is 32.2 Å². The van der Waals surface area contributed by atoms with Crippen molar-refractivity contribution in [2.75, 3.05) is 13.1 Å². The van der Waals surface area contributed by atoms with Gasteiger partial charge in [-0.25, -0.2) is 4.98 Å². The van der Waals surface area contributed by atoms with Gasteiger partial charge in [-0.05, 0) is 12.8 Å². The third kappa shape index (κ3) is 3.10. The van der Waals surface area contributed by atoms with Gasteiger partial charge in [-0.2, -0.15) is 0 Å². The predicted molar refractivity (Wildman–Crippen MR) is 68.6 cm³/mol. The fourth-order valence-corrected chi connectivity index (χ4v) is 2.28. The zero-order valence-corrected chi connectivity index (χ0v) is 10.9. The normalized spacial score (nSPS) is 16.4. The molecular formula is C12H16ClN3O2. The van der Waals surface area contributed by atoms with Gasteiger partial charge in [-0.1, -0.05) is 24.4 Å². The third-order valence-electron chi connectivity index (χ3n) is 3.14. The Kier molecular flexibility index (Phi) is 4.36. The summed E-state index contributed by atoms with van der Waals surface area (Å²) < 4.78 is 1.31. The molecule has 1 saturated heterocycles. The Balaban J connectivity index is 2.06. The number of amides is 1. The number of carbonyl (C=O) groups is 1. The first kappa shape index (κ1) is 13.1. The molecule has 2 rings (SSSR count). The average Bonchev–Trinajstić information content (AvgIpc) is 2.63. The third-order valence-corrected chi connectivity index (χ3v) is 3.40. The van der Waals surface area contributed by atoms with E-state index in [0.717, 1.165) is 25.9 Å². The summed E-state index contributed by atoms with van der Waals surface area (Å²) in [6, 6.07) is 0. The summed E-state index contributed by atoms with van der Waals surface area (Å²) in [5.74, 6) is -0.0266. The summed E-state index contributed by atoms with van der Waals surface area (Å²) in [5, 5.41) is -0.0961. The van der Waals surface area contributed by atoms with Crippen molar-refractivity contribution in [2.24, 2.45) is 0 Å². The number of likely N-dealkylation sites (tertiary alicyclic amines) is 1. The zero-order chi connectivity index (χ0) is 13.0. The first-order valence-electron chi connectivity index (χ1n) is 6.17. The number of rotatable bonds is 2. The SMILES string of the molecule is O=C(Cn1ccnc(Cl)c1=O)N1CCCCCC1. The highest BCUT2D eigenvalue weighted by Crippen LogP contribution is 2.10. The summed E-state index contributed by atoms with van der Waals surface area (Å²) in [4.78, 5) is 29.2. The fourth-order valence-electron chi connectivity index (χ4n) is 2.11. The molecule has 1 aliphatic heterocycles. The summed E-state index contributed by atoms with van der Waals surface area (Å²) in [7, 11) is 0. The molecule has 0 unspecified atom stereocenters. The molecule has 0 atom stereocenters. The molecule has 1 aromatic heterocycles. The minimum Gasteiger partial charge on any atom is -0.341 e. The zero-order valence-electron chi connectivity index (χ0n) is 10.1. The van der Waals surface area contributed by atoms with Crippen LogP contribution in [0.25, 0.3) is 0 Å². The Morgan fingerprint density at radius 1 is 1.28 bits per heavy atom. The molecule has 0 aromatic carbocycles. The van der Waals surface area contributed by atoms with Crippen LogP contribution in [0.5, 0.6) is 0 Å². The molecule has 1 amide bonds. The van der Waals surface area contributed by atoms with E-state index in [1.807, 2.05) is 4.90 Å². The minimum atomic E-state index is -0.415. The maximum Gasteiger partial charge on any atom is 0.288 e. The van der Waals surface area contributed by atoms with E-state index in [1.165, 1.54) is 29.8 Å². The van der Waals surface area contributed by atoms with Gasteiger partial charge in [0, 0.05) is 25.5 Å². The van der Waals surface area contributed by atoms with Crippen LogP contribution in [0, 0.1) is 0 Å². The highest BCUT2D eigenvalue weighted by atomic mass is 35.5. The van der Waals surface area contributed by atoms with Gasteiger partial charge in [-0.3, -0.25) is 9.59 Å². The summed E-state index contributed by atoms with van der Waals surface area (Å²) in [6.07, 6.45) is 7.34. The van der Waals surface area contributed by atoms with Gasteiger partial charge in [0.25, 0.3) is 5.56 Å². The van der Waals surface area contributed by atoms with Gasteiger partial charge in [0.15, 0.2) is 5.15 Å². The number of aromatic nitrogens is 2. The second-order valence-corrected chi connectivity index (χ2v) is 4.80. The van der Waals surface area contributed by atoms with Gasteiger partial charge < -0.3 is 9.47 Å². The Morgan fingerprint density at radius 2 is 1.94 bits per heavy atom. The van der Waals surface area contributed by atoms with Crippen molar-refractivity contribution in [3.63, 3.8) is 0 Å². The second-order valence-electron chi connectivity index (χ2n) is 4.45. The van der Waals surface area contributed by atoms with E-state index in [2.05, 4.69) is 4.98 Å². The molecule has 2 heterocycles. The maximum absolute atomic E-state index is 12.1. The van der Waals surface area contributed by atoms with E-state index in [4.69, 9.17) is 11.6 Å². The minimum absolute atomic E-state index is 0.0266. The van der Waals surface area contributed by atoms with E-state index >= 15 is 0 Å². The van der Waals surface area contributed by atoms with Gasteiger partial charge in [0.1, 0.15) is 6.54 Å². The lowest BCUT2D eigenvalue weighted by Crippen LogP contribution is -2.37.